The largest absolute Gasteiger partial charge is 0.306 e. The van der Waals surface area contributed by atoms with Gasteiger partial charge in [-0.15, -0.1) is 0 Å². The lowest BCUT2D eigenvalue weighted by molar-refractivity contribution is 0.571. The predicted octanol–water partition coefficient (Wildman–Crippen LogP) is 3.55. The van der Waals surface area contributed by atoms with Crippen LogP contribution in [0.25, 0.3) is 0 Å². The summed E-state index contributed by atoms with van der Waals surface area (Å²) in [6.07, 6.45) is 0. The fourth-order valence-electron chi connectivity index (χ4n) is 1.84. The van der Waals surface area contributed by atoms with Crippen LogP contribution in [0.5, 0.6) is 0 Å². The number of nitrogens with zero attached hydrogens (tertiary/aromatic N) is 1. The van der Waals surface area contributed by atoms with E-state index in [0.717, 1.165) is 11.1 Å². The fourth-order valence-corrected chi connectivity index (χ4v) is 1.84. The van der Waals surface area contributed by atoms with Crippen LogP contribution < -0.4 is 5.32 Å². The van der Waals surface area contributed by atoms with Crippen LogP contribution in [0.3, 0.4) is 0 Å². The minimum Gasteiger partial charge on any atom is -0.306 e. The van der Waals surface area contributed by atoms with Gasteiger partial charge in [0.1, 0.15) is 5.82 Å². The third kappa shape index (κ3) is 3.64. The summed E-state index contributed by atoms with van der Waals surface area (Å²) in [6, 6.07) is 16.2. The van der Waals surface area contributed by atoms with E-state index in [1.165, 1.54) is 12.1 Å². The standard InChI is InChI=1S/C16H15FN2/c1-12(15-6-8-16(17)9-7-15)19-11-14-4-2-13(10-18)3-5-14/h2-9,12,19H,11H2,1H3/t12-/m0/s1. The Balaban J connectivity index is 1.94. The van der Waals surface area contributed by atoms with Gasteiger partial charge in [-0.2, -0.15) is 5.26 Å². The Labute approximate surface area is 112 Å². The molecule has 0 aliphatic rings. The Kier molecular flexibility index (Phi) is 4.27. The summed E-state index contributed by atoms with van der Waals surface area (Å²) in [5.41, 5.74) is 2.83. The highest BCUT2D eigenvalue weighted by molar-refractivity contribution is 5.31. The topological polar surface area (TPSA) is 35.8 Å². The number of nitriles is 1. The quantitative estimate of drug-likeness (QED) is 0.905. The van der Waals surface area contributed by atoms with Crippen LogP contribution in [0.15, 0.2) is 48.5 Å². The molecule has 0 aromatic heterocycles. The summed E-state index contributed by atoms with van der Waals surface area (Å²) in [7, 11) is 0. The molecule has 1 N–H and O–H groups in total. The van der Waals surface area contributed by atoms with E-state index >= 15 is 0 Å². The zero-order valence-corrected chi connectivity index (χ0v) is 10.7. The first-order chi connectivity index (χ1) is 9.19. The van der Waals surface area contributed by atoms with Gasteiger partial charge >= 0.3 is 0 Å². The first kappa shape index (κ1) is 13.3. The van der Waals surface area contributed by atoms with Crippen molar-refractivity contribution in [3.8, 4) is 6.07 Å². The van der Waals surface area contributed by atoms with Crippen molar-refractivity contribution in [1.29, 1.82) is 5.26 Å². The maximum Gasteiger partial charge on any atom is 0.123 e. The normalized spacial score (nSPS) is 11.8. The second-order valence-corrected chi connectivity index (χ2v) is 4.46. The highest BCUT2D eigenvalue weighted by Crippen LogP contribution is 2.13. The molecule has 0 saturated carbocycles. The summed E-state index contributed by atoms with van der Waals surface area (Å²) >= 11 is 0. The van der Waals surface area contributed by atoms with Crippen molar-refractivity contribution < 1.29 is 4.39 Å². The number of hydrogen-bond donors (Lipinski definition) is 1. The van der Waals surface area contributed by atoms with Gasteiger partial charge in [0.2, 0.25) is 0 Å². The highest BCUT2D eigenvalue weighted by atomic mass is 19.1. The molecule has 0 aliphatic heterocycles. The van der Waals surface area contributed by atoms with E-state index in [2.05, 4.69) is 11.4 Å². The molecular weight excluding hydrogens is 239 g/mol. The summed E-state index contributed by atoms with van der Waals surface area (Å²) in [6.45, 7) is 2.75. The SMILES string of the molecule is C[C@H](NCc1ccc(C#N)cc1)c1ccc(F)cc1. The summed E-state index contributed by atoms with van der Waals surface area (Å²) in [5.74, 6) is -0.219. The van der Waals surface area contributed by atoms with Gasteiger partial charge in [-0.25, -0.2) is 4.39 Å². The van der Waals surface area contributed by atoms with Gasteiger partial charge in [0, 0.05) is 12.6 Å². The Bertz CT molecular complexity index is 567. The molecule has 0 unspecified atom stereocenters. The maximum atomic E-state index is 12.8. The second kappa shape index (κ2) is 6.12. The van der Waals surface area contributed by atoms with Crippen LogP contribution in [0.2, 0.25) is 0 Å². The lowest BCUT2D eigenvalue weighted by Crippen LogP contribution is -2.18. The molecule has 0 spiro atoms. The first-order valence-electron chi connectivity index (χ1n) is 6.17. The zero-order chi connectivity index (χ0) is 13.7. The lowest BCUT2D eigenvalue weighted by Gasteiger charge is -2.14. The van der Waals surface area contributed by atoms with Gasteiger partial charge in [0.05, 0.1) is 11.6 Å². The van der Waals surface area contributed by atoms with Crippen LogP contribution in [0.4, 0.5) is 4.39 Å². The molecule has 0 bridgehead atoms. The predicted molar refractivity (Wildman–Crippen MR) is 72.8 cm³/mol. The molecule has 0 heterocycles. The molecule has 3 heteroatoms. The van der Waals surface area contributed by atoms with Crippen LogP contribution in [0.1, 0.15) is 29.7 Å². The van der Waals surface area contributed by atoms with Gasteiger partial charge < -0.3 is 5.32 Å². The van der Waals surface area contributed by atoms with E-state index in [1.54, 1.807) is 24.3 Å². The van der Waals surface area contributed by atoms with Crippen LogP contribution in [-0.4, -0.2) is 0 Å². The molecule has 2 nitrogen and oxygen atoms in total. The van der Waals surface area contributed by atoms with Crippen molar-refractivity contribution >= 4 is 0 Å². The van der Waals surface area contributed by atoms with Gasteiger partial charge in [-0.3, -0.25) is 0 Å². The second-order valence-electron chi connectivity index (χ2n) is 4.46. The van der Waals surface area contributed by atoms with Crippen molar-refractivity contribution in [2.45, 2.75) is 19.5 Å². The maximum absolute atomic E-state index is 12.8. The molecule has 2 rings (SSSR count). The van der Waals surface area contributed by atoms with Crippen molar-refractivity contribution in [1.82, 2.24) is 5.32 Å². The number of nitrogens with one attached hydrogen (secondary N) is 1. The van der Waals surface area contributed by atoms with Crippen LogP contribution in [0, 0.1) is 17.1 Å². The molecular formula is C16H15FN2. The van der Waals surface area contributed by atoms with Crippen LogP contribution >= 0.6 is 0 Å². The highest BCUT2D eigenvalue weighted by Gasteiger charge is 2.04. The molecule has 2 aromatic carbocycles. The lowest BCUT2D eigenvalue weighted by atomic mass is 10.1. The van der Waals surface area contributed by atoms with E-state index in [0.29, 0.717) is 12.1 Å². The Morgan fingerprint density at radius 1 is 1.11 bits per heavy atom. The number of halogens is 1. The van der Waals surface area contributed by atoms with E-state index in [1.807, 2.05) is 19.1 Å². The molecule has 0 amide bonds. The van der Waals surface area contributed by atoms with E-state index < -0.39 is 0 Å². The Morgan fingerprint density at radius 3 is 2.32 bits per heavy atom. The molecule has 0 radical (unpaired) electrons. The number of benzene rings is 2. The van der Waals surface area contributed by atoms with Gasteiger partial charge in [0.25, 0.3) is 0 Å². The Morgan fingerprint density at radius 2 is 1.74 bits per heavy atom. The third-order valence-corrected chi connectivity index (χ3v) is 3.07. The molecule has 19 heavy (non-hydrogen) atoms. The minimum absolute atomic E-state index is 0.149. The van der Waals surface area contributed by atoms with Crippen molar-refractivity contribution in [3.05, 3.63) is 71.0 Å². The van der Waals surface area contributed by atoms with Gasteiger partial charge in [0.15, 0.2) is 0 Å². The molecule has 96 valence electrons. The summed E-state index contributed by atoms with van der Waals surface area (Å²) < 4.78 is 12.8. The summed E-state index contributed by atoms with van der Waals surface area (Å²) in [5, 5.41) is 12.1. The van der Waals surface area contributed by atoms with Crippen LogP contribution in [-0.2, 0) is 6.54 Å². The zero-order valence-electron chi connectivity index (χ0n) is 10.7. The van der Waals surface area contributed by atoms with E-state index in [-0.39, 0.29) is 11.9 Å². The fraction of sp³-hybridized carbons (Fsp3) is 0.188. The minimum atomic E-state index is -0.219. The average molecular weight is 254 g/mol. The number of hydrogen-bond acceptors (Lipinski definition) is 2. The summed E-state index contributed by atoms with van der Waals surface area (Å²) in [4.78, 5) is 0. The molecule has 0 aliphatic carbocycles. The molecule has 0 saturated heterocycles. The van der Waals surface area contributed by atoms with E-state index in [9.17, 15) is 4.39 Å². The molecule has 2 aromatic rings. The van der Waals surface area contributed by atoms with E-state index in [4.69, 9.17) is 5.26 Å². The Hall–Kier alpha value is -2.18. The molecule has 1 atom stereocenters. The van der Waals surface area contributed by atoms with Crippen molar-refractivity contribution in [2.75, 3.05) is 0 Å². The first-order valence-corrected chi connectivity index (χ1v) is 6.17. The van der Waals surface area contributed by atoms with Crippen molar-refractivity contribution in [3.63, 3.8) is 0 Å². The average Bonchev–Trinajstić information content (AvgIpc) is 2.46. The van der Waals surface area contributed by atoms with Gasteiger partial charge in [-0.1, -0.05) is 24.3 Å². The van der Waals surface area contributed by atoms with Crippen molar-refractivity contribution in [2.24, 2.45) is 0 Å². The monoisotopic (exact) mass is 254 g/mol. The number of rotatable bonds is 4. The molecule has 0 fully saturated rings. The van der Waals surface area contributed by atoms with Gasteiger partial charge in [-0.05, 0) is 42.3 Å². The smallest absolute Gasteiger partial charge is 0.123 e. The third-order valence-electron chi connectivity index (χ3n) is 3.07.